The second kappa shape index (κ2) is 4.05. The number of hydrogen-bond acceptors (Lipinski definition) is 4. The molecule has 1 aliphatic carbocycles. The van der Waals surface area contributed by atoms with Crippen molar-refractivity contribution in [2.75, 3.05) is 5.73 Å². The molecule has 1 saturated carbocycles. The maximum absolute atomic E-state index is 6.11. The van der Waals surface area contributed by atoms with Gasteiger partial charge in [-0.25, -0.2) is 4.68 Å². The van der Waals surface area contributed by atoms with Crippen molar-refractivity contribution in [2.24, 2.45) is 5.92 Å². The Morgan fingerprint density at radius 3 is 2.68 bits per heavy atom. The van der Waals surface area contributed by atoms with Crippen LogP contribution in [0.4, 0.5) is 5.69 Å². The highest BCUT2D eigenvalue weighted by atomic mass is 15.6. The minimum atomic E-state index is -0.0619. The first-order valence-electron chi connectivity index (χ1n) is 6.66. The molecule has 2 N–H and O–H groups in total. The molecule has 1 heterocycles. The van der Waals surface area contributed by atoms with E-state index in [1.807, 2.05) is 29.8 Å². The molecule has 5 nitrogen and oxygen atoms in total. The van der Waals surface area contributed by atoms with Crippen molar-refractivity contribution < 1.29 is 0 Å². The third kappa shape index (κ3) is 1.89. The van der Waals surface area contributed by atoms with Crippen LogP contribution in [-0.4, -0.2) is 20.2 Å². The van der Waals surface area contributed by atoms with E-state index in [2.05, 4.69) is 29.4 Å². The lowest BCUT2D eigenvalue weighted by molar-refractivity contribution is 0.271. The standard InChI is InChI=1S/C14H19N5/c1-9-5-4-6-11(15)12(9)13-16-17-18-19(13)14(2,3)10-7-8-10/h4-6,10H,7-8,15H2,1-3H3. The Bertz CT molecular complexity index is 590. The van der Waals surface area contributed by atoms with Gasteiger partial charge in [-0.1, -0.05) is 12.1 Å². The molecule has 0 radical (unpaired) electrons. The van der Waals surface area contributed by atoms with Crippen molar-refractivity contribution in [3.05, 3.63) is 23.8 Å². The molecule has 3 rings (SSSR count). The van der Waals surface area contributed by atoms with Crippen molar-refractivity contribution in [3.8, 4) is 11.4 Å². The number of aryl methyl sites for hydroxylation is 1. The fourth-order valence-corrected chi connectivity index (χ4v) is 2.69. The van der Waals surface area contributed by atoms with E-state index in [0.29, 0.717) is 5.92 Å². The van der Waals surface area contributed by atoms with Gasteiger partial charge in [0, 0.05) is 11.3 Å². The Morgan fingerprint density at radius 2 is 2.05 bits per heavy atom. The molecular weight excluding hydrogens is 238 g/mol. The first-order valence-corrected chi connectivity index (χ1v) is 6.66. The van der Waals surface area contributed by atoms with E-state index < -0.39 is 0 Å². The van der Waals surface area contributed by atoms with Gasteiger partial charge in [0.15, 0.2) is 5.82 Å². The number of hydrogen-bond donors (Lipinski definition) is 1. The molecule has 0 saturated heterocycles. The van der Waals surface area contributed by atoms with Crippen LogP contribution in [-0.2, 0) is 5.54 Å². The number of anilines is 1. The van der Waals surface area contributed by atoms with Crippen LogP contribution in [0.3, 0.4) is 0 Å². The fourth-order valence-electron chi connectivity index (χ4n) is 2.69. The van der Waals surface area contributed by atoms with Gasteiger partial charge in [0.2, 0.25) is 0 Å². The van der Waals surface area contributed by atoms with Gasteiger partial charge in [-0.05, 0) is 61.6 Å². The minimum Gasteiger partial charge on any atom is -0.398 e. The third-order valence-corrected chi connectivity index (χ3v) is 4.12. The minimum absolute atomic E-state index is 0.0619. The summed E-state index contributed by atoms with van der Waals surface area (Å²) >= 11 is 0. The average Bonchev–Trinajstić information content (AvgIpc) is 3.09. The van der Waals surface area contributed by atoms with E-state index in [1.165, 1.54) is 12.8 Å². The van der Waals surface area contributed by atoms with Crippen molar-refractivity contribution in [1.29, 1.82) is 0 Å². The first-order chi connectivity index (χ1) is 9.01. The topological polar surface area (TPSA) is 69.6 Å². The molecule has 2 aromatic rings. The second-order valence-corrected chi connectivity index (χ2v) is 5.88. The van der Waals surface area contributed by atoms with Crippen LogP contribution < -0.4 is 5.73 Å². The maximum Gasteiger partial charge on any atom is 0.184 e. The molecule has 1 aromatic carbocycles. The zero-order chi connectivity index (χ0) is 13.6. The number of tetrazole rings is 1. The lowest BCUT2D eigenvalue weighted by Gasteiger charge is -2.26. The van der Waals surface area contributed by atoms with E-state index >= 15 is 0 Å². The zero-order valence-electron chi connectivity index (χ0n) is 11.6. The van der Waals surface area contributed by atoms with Gasteiger partial charge in [-0.2, -0.15) is 0 Å². The number of nitrogens with two attached hydrogens (primary N) is 1. The number of benzene rings is 1. The monoisotopic (exact) mass is 257 g/mol. The molecule has 0 bridgehead atoms. The molecule has 0 unspecified atom stereocenters. The van der Waals surface area contributed by atoms with Crippen LogP contribution in [0.25, 0.3) is 11.4 Å². The van der Waals surface area contributed by atoms with E-state index in [-0.39, 0.29) is 5.54 Å². The van der Waals surface area contributed by atoms with Crippen LogP contribution in [0.5, 0.6) is 0 Å². The molecule has 100 valence electrons. The summed E-state index contributed by atoms with van der Waals surface area (Å²) in [6, 6.07) is 5.88. The summed E-state index contributed by atoms with van der Waals surface area (Å²) in [6.45, 7) is 6.42. The van der Waals surface area contributed by atoms with Crippen molar-refractivity contribution >= 4 is 5.69 Å². The first kappa shape index (κ1) is 12.1. The van der Waals surface area contributed by atoms with Crippen LogP contribution in [0.2, 0.25) is 0 Å². The SMILES string of the molecule is Cc1cccc(N)c1-c1nnnn1C(C)(C)C1CC1. The largest absolute Gasteiger partial charge is 0.398 e. The molecule has 0 aliphatic heterocycles. The summed E-state index contributed by atoms with van der Waals surface area (Å²) in [5.74, 6) is 1.42. The molecule has 1 aliphatic rings. The van der Waals surface area contributed by atoms with Crippen LogP contribution in [0, 0.1) is 12.8 Å². The van der Waals surface area contributed by atoms with Gasteiger partial charge in [0.25, 0.3) is 0 Å². The predicted octanol–water partition coefficient (Wildman–Crippen LogP) is 2.38. The molecule has 1 fully saturated rings. The molecule has 19 heavy (non-hydrogen) atoms. The summed E-state index contributed by atoms with van der Waals surface area (Å²) in [6.07, 6.45) is 2.49. The zero-order valence-corrected chi connectivity index (χ0v) is 11.6. The van der Waals surface area contributed by atoms with Gasteiger partial charge in [0.1, 0.15) is 0 Å². The molecular formula is C14H19N5. The molecule has 0 atom stereocenters. The maximum atomic E-state index is 6.11. The molecule has 5 heteroatoms. The summed E-state index contributed by atoms with van der Waals surface area (Å²) in [4.78, 5) is 0. The molecule has 0 spiro atoms. The van der Waals surface area contributed by atoms with Crippen LogP contribution >= 0.6 is 0 Å². The van der Waals surface area contributed by atoms with Crippen molar-refractivity contribution in [3.63, 3.8) is 0 Å². The average molecular weight is 257 g/mol. The molecule has 0 amide bonds. The van der Waals surface area contributed by atoms with Gasteiger partial charge in [-0.15, -0.1) is 5.10 Å². The Labute approximate surface area is 112 Å². The van der Waals surface area contributed by atoms with Crippen LogP contribution in [0.1, 0.15) is 32.3 Å². The fraction of sp³-hybridized carbons (Fsp3) is 0.500. The molecule has 1 aromatic heterocycles. The summed E-state index contributed by atoms with van der Waals surface area (Å²) in [5, 5.41) is 12.3. The number of rotatable bonds is 3. The van der Waals surface area contributed by atoms with E-state index in [0.717, 1.165) is 22.6 Å². The highest BCUT2D eigenvalue weighted by molar-refractivity contribution is 5.74. The number of nitrogens with zero attached hydrogens (tertiary/aromatic N) is 4. The van der Waals surface area contributed by atoms with E-state index in [9.17, 15) is 0 Å². The van der Waals surface area contributed by atoms with E-state index in [1.54, 1.807) is 0 Å². The third-order valence-electron chi connectivity index (χ3n) is 4.12. The summed E-state index contributed by atoms with van der Waals surface area (Å²) in [7, 11) is 0. The highest BCUT2D eigenvalue weighted by Gasteiger charge is 2.41. The lowest BCUT2D eigenvalue weighted by atomic mass is 9.97. The van der Waals surface area contributed by atoms with Crippen LogP contribution in [0.15, 0.2) is 18.2 Å². The van der Waals surface area contributed by atoms with Gasteiger partial charge < -0.3 is 5.73 Å². The van der Waals surface area contributed by atoms with Gasteiger partial charge in [-0.3, -0.25) is 0 Å². The normalized spacial score (nSPS) is 15.7. The Kier molecular flexibility index (Phi) is 2.59. The smallest absolute Gasteiger partial charge is 0.184 e. The van der Waals surface area contributed by atoms with Crippen molar-refractivity contribution in [2.45, 2.75) is 39.2 Å². The number of nitrogen functional groups attached to an aromatic ring is 1. The lowest BCUT2D eigenvalue weighted by Crippen LogP contribution is -2.31. The number of aromatic nitrogens is 4. The Balaban J connectivity index is 2.15. The van der Waals surface area contributed by atoms with E-state index in [4.69, 9.17) is 5.73 Å². The van der Waals surface area contributed by atoms with Gasteiger partial charge >= 0.3 is 0 Å². The Hall–Kier alpha value is -1.91. The second-order valence-electron chi connectivity index (χ2n) is 5.88. The van der Waals surface area contributed by atoms with Gasteiger partial charge in [0.05, 0.1) is 5.54 Å². The highest BCUT2D eigenvalue weighted by Crippen LogP contribution is 2.45. The predicted molar refractivity (Wildman–Crippen MR) is 74.4 cm³/mol. The van der Waals surface area contributed by atoms with Crippen molar-refractivity contribution in [1.82, 2.24) is 20.2 Å². The summed E-state index contributed by atoms with van der Waals surface area (Å²) < 4.78 is 1.93. The quantitative estimate of drug-likeness (QED) is 0.857. The Morgan fingerprint density at radius 1 is 1.32 bits per heavy atom. The summed E-state index contributed by atoms with van der Waals surface area (Å²) in [5.41, 5.74) is 8.82.